The molecule has 3 N–H and O–H groups in total. The Balaban J connectivity index is 1.40. The number of nitrogens with one attached hydrogen (secondary N) is 3. The molecule has 4 amide bonds. The fourth-order valence-electron chi connectivity index (χ4n) is 6.33. The van der Waals surface area contributed by atoms with Crippen LogP contribution < -0.4 is 16.0 Å². The Hall–Kier alpha value is -3.84. The summed E-state index contributed by atoms with van der Waals surface area (Å²) in [6, 6.07) is 4.07. The zero-order chi connectivity index (χ0) is 35.7. The molecule has 12 nitrogen and oxygen atoms in total. The second-order valence-electron chi connectivity index (χ2n) is 14.4. The van der Waals surface area contributed by atoms with Gasteiger partial charge in [-0.05, 0) is 50.7 Å². The number of Topliss-reactive ketones (excluding diaryl/α,β-unsaturated/α-hetero) is 1. The molecule has 5 rings (SSSR count). The van der Waals surface area contributed by atoms with Crippen LogP contribution in [0.3, 0.4) is 0 Å². The Morgan fingerprint density at radius 1 is 1.14 bits per heavy atom. The van der Waals surface area contributed by atoms with Crippen LogP contribution in [0.25, 0.3) is 0 Å². The van der Waals surface area contributed by atoms with Gasteiger partial charge in [0, 0.05) is 34.3 Å². The Morgan fingerprint density at radius 3 is 2.49 bits per heavy atom. The summed E-state index contributed by atoms with van der Waals surface area (Å²) in [5.74, 6) is -2.82. The van der Waals surface area contributed by atoms with Crippen LogP contribution in [0.15, 0.2) is 29.4 Å². The molecule has 1 aliphatic carbocycles. The summed E-state index contributed by atoms with van der Waals surface area (Å²) in [4.78, 5) is 80.6. The van der Waals surface area contributed by atoms with E-state index in [2.05, 4.69) is 26.1 Å². The lowest BCUT2D eigenvalue weighted by molar-refractivity contribution is -0.145. The van der Waals surface area contributed by atoms with Gasteiger partial charge in [-0.1, -0.05) is 63.0 Å². The van der Waals surface area contributed by atoms with Crippen LogP contribution in [0.2, 0.25) is 5.02 Å². The first kappa shape index (κ1) is 36.4. The van der Waals surface area contributed by atoms with Gasteiger partial charge >= 0.3 is 0 Å². The van der Waals surface area contributed by atoms with E-state index < -0.39 is 52.6 Å². The average molecular weight is 713 g/mol. The van der Waals surface area contributed by atoms with Crippen molar-refractivity contribution in [3.8, 4) is 0 Å². The number of ketones is 1. The molecule has 3 aliphatic rings. The van der Waals surface area contributed by atoms with Crippen molar-refractivity contribution >= 4 is 58.1 Å². The van der Waals surface area contributed by atoms with Crippen molar-refractivity contribution in [3.63, 3.8) is 0 Å². The molecule has 0 radical (unpaired) electrons. The molecule has 2 aromatic rings. The first-order valence-electron chi connectivity index (χ1n) is 16.8. The molecule has 1 spiro atoms. The van der Waals surface area contributed by atoms with Gasteiger partial charge in [0.25, 0.3) is 5.91 Å². The van der Waals surface area contributed by atoms with E-state index in [0.29, 0.717) is 23.6 Å². The van der Waals surface area contributed by atoms with Crippen molar-refractivity contribution < 1.29 is 28.8 Å². The predicted octanol–water partition coefficient (Wildman–Crippen LogP) is 3.78. The van der Waals surface area contributed by atoms with Crippen LogP contribution in [0, 0.1) is 19.3 Å². The summed E-state index contributed by atoms with van der Waals surface area (Å²) in [6.45, 7) is 11.1. The number of amides is 4. The number of aromatic nitrogens is 1. The molecule has 1 saturated carbocycles. The Bertz CT molecular complexity index is 1670. The van der Waals surface area contributed by atoms with Crippen LogP contribution in [0.4, 0.5) is 0 Å². The van der Waals surface area contributed by atoms with E-state index in [9.17, 15) is 24.0 Å². The highest BCUT2D eigenvalue weighted by molar-refractivity contribution is 7.11. The van der Waals surface area contributed by atoms with Gasteiger partial charge in [-0.15, -0.1) is 11.3 Å². The molecule has 3 heterocycles. The number of hydrogen-bond acceptors (Lipinski definition) is 9. The van der Waals surface area contributed by atoms with Gasteiger partial charge in [-0.25, -0.2) is 4.98 Å². The minimum Gasteiger partial charge on any atom is -0.387 e. The maximum Gasteiger partial charge on any atom is 0.289 e. The van der Waals surface area contributed by atoms with Crippen LogP contribution >= 0.6 is 22.9 Å². The second kappa shape index (κ2) is 14.6. The molecule has 1 aromatic heterocycles. The number of carbonyl (C=O) groups excluding carboxylic acids is 5. The Kier molecular flexibility index (Phi) is 10.8. The van der Waals surface area contributed by atoms with Crippen LogP contribution in [0.5, 0.6) is 0 Å². The smallest absolute Gasteiger partial charge is 0.289 e. The average Bonchev–Trinajstić information content (AvgIpc) is 3.48. The van der Waals surface area contributed by atoms with E-state index >= 15 is 0 Å². The highest BCUT2D eigenvalue weighted by atomic mass is 35.5. The molecule has 4 atom stereocenters. The van der Waals surface area contributed by atoms with Crippen LogP contribution in [0.1, 0.15) is 87.4 Å². The normalized spacial score (nSPS) is 21.5. The highest BCUT2D eigenvalue weighted by Crippen LogP contribution is 2.40. The first-order valence-corrected chi connectivity index (χ1v) is 18.0. The Morgan fingerprint density at radius 2 is 1.88 bits per heavy atom. The summed E-state index contributed by atoms with van der Waals surface area (Å²) in [7, 11) is 0. The topological polar surface area (TPSA) is 159 Å². The number of rotatable bonds is 12. The summed E-state index contributed by atoms with van der Waals surface area (Å²) in [5, 5.41) is 14.2. The second-order valence-corrected chi connectivity index (χ2v) is 16.2. The first-order chi connectivity index (χ1) is 23.1. The molecule has 2 aliphatic heterocycles. The SMILES string of the molecule is CCC[C@H](NC(=O)[C@@H]1CC2(CC(c3cccc(Cl)c3)=NO2)CN1C(=O)[C@@H](NC(=O)Cc1sc(C)nc1C)C(C)(C)C)C(=O)C(=O)NC1CC1. The molecule has 49 heavy (non-hydrogen) atoms. The third-order valence-electron chi connectivity index (χ3n) is 9.07. The van der Waals surface area contributed by atoms with Gasteiger partial charge < -0.3 is 25.7 Å². The van der Waals surface area contributed by atoms with E-state index in [4.69, 9.17) is 16.4 Å². The van der Waals surface area contributed by atoms with E-state index in [-0.39, 0.29) is 37.8 Å². The lowest BCUT2D eigenvalue weighted by Gasteiger charge is -2.35. The molecule has 1 unspecified atom stereocenters. The number of carbonyl (C=O) groups is 5. The highest BCUT2D eigenvalue weighted by Gasteiger charge is 2.55. The molecule has 0 bridgehead atoms. The van der Waals surface area contributed by atoms with Crippen LogP contribution in [-0.2, 0) is 35.2 Å². The van der Waals surface area contributed by atoms with Crippen molar-refractivity contribution in [2.45, 2.75) is 116 Å². The number of halogens is 1. The number of benzene rings is 1. The molecule has 2 fully saturated rings. The molecule has 264 valence electrons. The molecule has 14 heteroatoms. The van der Waals surface area contributed by atoms with Crippen molar-refractivity contribution in [1.82, 2.24) is 25.8 Å². The summed E-state index contributed by atoms with van der Waals surface area (Å²) >= 11 is 7.68. The van der Waals surface area contributed by atoms with Gasteiger partial charge in [-0.3, -0.25) is 24.0 Å². The third kappa shape index (κ3) is 8.67. The minimum atomic E-state index is -1.06. The zero-order valence-electron chi connectivity index (χ0n) is 28.9. The fourth-order valence-corrected chi connectivity index (χ4v) is 7.46. The summed E-state index contributed by atoms with van der Waals surface area (Å²) < 4.78 is 0. The summed E-state index contributed by atoms with van der Waals surface area (Å²) in [6.07, 6.45) is 2.89. The predicted molar refractivity (Wildman–Crippen MR) is 186 cm³/mol. The Labute approximate surface area is 295 Å². The molecular weight excluding hydrogens is 668 g/mol. The number of thiazole rings is 1. The monoisotopic (exact) mass is 712 g/mol. The minimum absolute atomic E-state index is 0.0148. The maximum absolute atomic E-state index is 14.6. The zero-order valence-corrected chi connectivity index (χ0v) is 30.4. The van der Waals surface area contributed by atoms with E-state index in [1.54, 1.807) is 12.1 Å². The third-order valence-corrected chi connectivity index (χ3v) is 10.4. The van der Waals surface area contributed by atoms with Gasteiger partial charge in [0.1, 0.15) is 12.1 Å². The quantitative estimate of drug-likeness (QED) is 0.283. The van der Waals surface area contributed by atoms with Gasteiger partial charge in [-0.2, -0.15) is 0 Å². The largest absolute Gasteiger partial charge is 0.387 e. The number of likely N-dealkylation sites (tertiary alicyclic amines) is 1. The fraction of sp³-hybridized carbons (Fsp3) is 0.571. The number of aryl methyl sites for hydroxylation is 2. The van der Waals surface area contributed by atoms with E-state index in [1.807, 2.05) is 53.7 Å². The summed E-state index contributed by atoms with van der Waals surface area (Å²) in [5.41, 5.74) is 0.391. The van der Waals surface area contributed by atoms with E-state index in [1.165, 1.54) is 16.2 Å². The van der Waals surface area contributed by atoms with Crippen molar-refractivity contribution in [2.75, 3.05) is 6.54 Å². The molecule has 1 aromatic carbocycles. The van der Waals surface area contributed by atoms with Gasteiger partial charge in [0.2, 0.25) is 23.5 Å². The molecule has 1 saturated heterocycles. The maximum atomic E-state index is 14.6. The molecular formula is C35H45ClN6O6S. The van der Waals surface area contributed by atoms with Crippen molar-refractivity contribution in [2.24, 2.45) is 10.6 Å². The van der Waals surface area contributed by atoms with Crippen molar-refractivity contribution in [1.29, 1.82) is 0 Å². The standard InChI is InChI=1S/C35H45ClN6O6S/c1-7-9-24(29(44)32(46)38-23-12-13-23)39-31(45)26-17-35(16-25(41-48-35)21-10-8-11-22(36)14-21)18-42(26)33(47)30(34(4,5)6)40-28(43)15-27-19(2)37-20(3)49-27/h8,10-11,14,23-24,26,30H,7,9,12-13,15-18H2,1-6H3,(H,38,46)(H,39,45)(H,40,43)/t24-,26-,30+,35?/m0/s1. The van der Waals surface area contributed by atoms with Gasteiger partial charge in [0.15, 0.2) is 5.60 Å². The van der Waals surface area contributed by atoms with E-state index in [0.717, 1.165) is 34.0 Å². The van der Waals surface area contributed by atoms with Gasteiger partial charge in [0.05, 0.1) is 35.4 Å². The van der Waals surface area contributed by atoms with Crippen LogP contribution in [-0.4, -0.2) is 81.3 Å². The lowest BCUT2D eigenvalue weighted by Crippen LogP contribution is -2.59. The number of hydrogen-bond donors (Lipinski definition) is 3. The number of nitrogens with zero attached hydrogens (tertiary/aromatic N) is 3. The van der Waals surface area contributed by atoms with Crippen molar-refractivity contribution in [3.05, 3.63) is 50.4 Å². The number of oxime groups is 1. The lowest BCUT2D eigenvalue weighted by atomic mass is 9.85.